The predicted molar refractivity (Wildman–Crippen MR) is 71.5 cm³/mol. The van der Waals surface area contributed by atoms with Gasteiger partial charge in [0.1, 0.15) is 12.4 Å². The van der Waals surface area contributed by atoms with Crippen LogP contribution in [0.4, 0.5) is 0 Å². The average Bonchev–Trinajstić information content (AvgIpc) is 2.47. The van der Waals surface area contributed by atoms with Gasteiger partial charge >= 0.3 is 5.97 Å². The summed E-state index contributed by atoms with van der Waals surface area (Å²) in [5, 5.41) is 0. The third-order valence-corrected chi connectivity index (χ3v) is 3.08. The van der Waals surface area contributed by atoms with E-state index in [1.807, 2.05) is 6.92 Å². The van der Waals surface area contributed by atoms with Gasteiger partial charge in [0, 0.05) is 6.61 Å². The van der Waals surface area contributed by atoms with Gasteiger partial charge in [-0.1, -0.05) is 0 Å². The van der Waals surface area contributed by atoms with Crippen LogP contribution in [0.5, 0.6) is 5.75 Å². The molecule has 1 aliphatic rings. The zero-order valence-electron chi connectivity index (χ0n) is 11.3. The van der Waals surface area contributed by atoms with Crippen LogP contribution in [0.25, 0.3) is 0 Å². The number of ether oxygens (including phenoxy) is 3. The Morgan fingerprint density at radius 2 is 2.11 bits per heavy atom. The molecule has 104 valence electrons. The van der Waals surface area contributed by atoms with Crippen molar-refractivity contribution in [3.8, 4) is 5.75 Å². The Morgan fingerprint density at radius 1 is 1.32 bits per heavy atom. The number of hydrogen-bond donors (Lipinski definition) is 0. The van der Waals surface area contributed by atoms with Crippen LogP contribution < -0.4 is 4.74 Å². The maximum Gasteiger partial charge on any atom is 0.338 e. The van der Waals surface area contributed by atoms with Crippen molar-refractivity contribution in [2.45, 2.75) is 32.3 Å². The zero-order valence-corrected chi connectivity index (χ0v) is 11.3. The van der Waals surface area contributed by atoms with Crippen LogP contribution in [0.15, 0.2) is 24.3 Å². The molecule has 4 heteroatoms. The van der Waals surface area contributed by atoms with Gasteiger partial charge < -0.3 is 14.2 Å². The Bertz CT molecular complexity index is 393. The molecule has 0 amide bonds. The molecule has 1 saturated heterocycles. The topological polar surface area (TPSA) is 44.8 Å². The third-order valence-electron chi connectivity index (χ3n) is 3.08. The summed E-state index contributed by atoms with van der Waals surface area (Å²) in [5.74, 6) is 0.451. The Labute approximate surface area is 113 Å². The van der Waals surface area contributed by atoms with E-state index in [-0.39, 0.29) is 12.1 Å². The number of carbonyl (C=O) groups excluding carboxylic acids is 1. The Balaban J connectivity index is 1.81. The van der Waals surface area contributed by atoms with E-state index in [1.165, 1.54) is 0 Å². The van der Waals surface area contributed by atoms with Crippen molar-refractivity contribution in [2.24, 2.45) is 0 Å². The molecule has 0 bridgehead atoms. The SMILES string of the molecule is CCOc1ccc(C(=O)OC[C@@H]2CCCCO2)cc1. The van der Waals surface area contributed by atoms with Gasteiger partial charge in [0.15, 0.2) is 0 Å². The molecule has 1 heterocycles. The first kappa shape index (κ1) is 13.9. The first-order chi connectivity index (χ1) is 9.29. The van der Waals surface area contributed by atoms with Crippen LogP contribution >= 0.6 is 0 Å². The van der Waals surface area contributed by atoms with Crippen LogP contribution in [-0.4, -0.2) is 31.9 Å². The molecular formula is C15H20O4. The van der Waals surface area contributed by atoms with Gasteiger partial charge in [0.25, 0.3) is 0 Å². The van der Waals surface area contributed by atoms with Crippen LogP contribution in [-0.2, 0) is 9.47 Å². The summed E-state index contributed by atoms with van der Waals surface area (Å²) in [6, 6.07) is 6.98. The highest BCUT2D eigenvalue weighted by atomic mass is 16.6. The Morgan fingerprint density at radius 3 is 2.74 bits per heavy atom. The molecule has 0 spiro atoms. The summed E-state index contributed by atoms with van der Waals surface area (Å²) in [6.45, 7) is 3.65. The number of benzene rings is 1. The summed E-state index contributed by atoms with van der Waals surface area (Å²) >= 11 is 0. The predicted octanol–water partition coefficient (Wildman–Crippen LogP) is 2.81. The smallest absolute Gasteiger partial charge is 0.338 e. The van der Waals surface area contributed by atoms with E-state index in [9.17, 15) is 4.79 Å². The lowest BCUT2D eigenvalue weighted by atomic mass is 10.1. The lowest BCUT2D eigenvalue weighted by molar-refractivity contribution is -0.0300. The van der Waals surface area contributed by atoms with E-state index in [2.05, 4.69) is 0 Å². The summed E-state index contributed by atoms with van der Waals surface area (Å²) in [6.07, 6.45) is 3.27. The minimum atomic E-state index is -0.308. The second-order valence-corrected chi connectivity index (χ2v) is 4.54. The fourth-order valence-corrected chi connectivity index (χ4v) is 2.04. The Hall–Kier alpha value is -1.55. The van der Waals surface area contributed by atoms with Crippen LogP contribution in [0.1, 0.15) is 36.5 Å². The molecule has 1 aliphatic heterocycles. The molecule has 0 unspecified atom stereocenters. The molecule has 0 aliphatic carbocycles. The average molecular weight is 264 g/mol. The van der Waals surface area contributed by atoms with Crippen LogP contribution in [0.2, 0.25) is 0 Å². The van der Waals surface area contributed by atoms with Crippen molar-refractivity contribution in [3.63, 3.8) is 0 Å². The van der Waals surface area contributed by atoms with E-state index in [1.54, 1.807) is 24.3 Å². The zero-order chi connectivity index (χ0) is 13.5. The van der Waals surface area contributed by atoms with Gasteiger partial charge in [0.05, 0.1) is 18.3 Å². The number of hydrogen-bond acceptors (Lipinski definition) is 4. The third kappa shape index (κ3) is 4.24. The lowest BCUT2D eigenvalue weighted by Crippen LogP contribution is -2.25. The normalized spacial score (nSPS) is 18.9. The Kier molecular flexibility index (Phi) is 5.21. The molecule has 0 aromatic heterocycles. The summed E-state index contributed by atoms with van der Waals surface area (Å²) in [5.41, 5.74) is 0.541. The van der Waals surface area contributed by atoms with E-state index in [0.29, 0.717) is 18.8 Å². The van der Waals surface area contributed by atoms with Gasteiger partial charge in [-0.15, -0.1) is 0 Å². The molecule has 1 atom stereocenters. The molecular weight excluding hydrogens is 244 g/mol. The molecule has 19 heavy (non-hydrogen) atoms. The molecule has 4 nitrogen and oxygen atoms in total. The largest absolute Gasteiger partial charge is 0.494 e. The minimum absolute atomic E-state index is 0.0559. The fraction of sp³-hybridized carbons (Fsp3) is 0.533. The second-order valence-electron chi connectivity index (χ2n) is 4.54. The van der Waals surface area contributed by atoms with E-state index in [4.69, 9.17) is 14.2 Å². The van der Waals surface area contributed by atoms with Gasteiger partial charge in [-0.05, 0) is 50.5 Å². The lowest BCUT2D eigenvalue weighted by Gasteiger charge is -2.22. The highest BCUT2D eigenvalue weighted by Crippen LogP contribution is 2.15. The van der Waals surface area contributed by atoms with Gasteiger partial charge in [0.2, 0.25) is 0 Å². The quantitative estimate of drug-likeness (QED) is 0.767. The van der Waals surface area contributed by atoms with E-state index >= 15 is 0 Å². The number of rotatable bonds is 5. The van der Waals surface area contributed by atoms with Gasteiger partial charge in [-0.2, -0.15) is 0 Å². The van der Waals surface area contributed by atoms with Crippen molar-refractivity contribution in [1.82, 2.24) is 0 Å². The summed E-state index contributed by atoms with van der Waals surface area (Å²) < 4.78 is 16.1. The molecule has 1 fully saturated rings. The molecule has 0 N–H and O–H groups in total. The van der Waals surface area contributed by atoms with Gasteiger partial charge in [-0.25, -0.2) is 4.79 Å². The van der Waals surface area contributed by atoms with Crippen molar-refractivity contribution >= 4 is 5.97 Å². The van der Waals surface area contributed by atoms with Crippen molar-refractivity contribution in [3.05, 3.63) is 29.8 Å². The first-order valence-corrected chi connectivity index (χ1v) is 6.81. The highest BCUT2D eigenvalue weighted by Gasteiger charge is 2.16. The molecule has 0 radical (unpaired) electrons. The molecule has 1 aromatic rings. The molecule has 2 rings (SSSR count). The first-order valence-electron chi connectivity index (χ1n) is 6.81. The highest BCUT2D eigenvalue weighted by molar-refractivity contribution is 5.89. The maximum atomic E-state index is 11.8. The van der Waals surface area contributed by atoms with E-state index < -0.39 is 0 Å². The molecule has 0 saturated carbocycles. The number of carbonyl (C=O) groups is 1. The van der Waals surface area contributed by atoms with Gasteiger partial charge in [-0.3, -0.25) is 0 Å². The minimum Gasteiger partial charge on any atom is -0.494 e. The van der Waals surface area contributed by atoms with Crippen molar-refractivity contribution < 1.29 is 19.0 Å². The summed E-state index contributed by atoms with van der Waals surface area (Å²) in [7, 11) is 0. The van der Waals surface area contributed by atoms with Crippen molar-refractivity contribution in [1.29, 1.82) is 0 Å². The monoisotopic (exact) mass is 264 g/mol. The fourth-order valence-electron chi connectivity index (χ4n) is 2.04. The standard InChI is InChI=1S/C15H20O4/c1-2-17-13-8-6-12(7-9-13)15(16)19-11-14-5-3-4-10-18-14/h6-9,14H,2-5,10-11H2,1H3/t14-/m0/s1. The maximum absolute atomic E-state index is 11.8. The molecule has 1 aromatic carbocycles. The van der Waals surface area contributed by atoms with Crippen LogP contribution in [0.3, 0.4) is 0 Å². The van der Waals surface area contributed by atoms with E-state index in [0.717, 1.165) is 31.6 Å². The summed E-state index contributed by atoms with van der Waals surface area (Å²) in [4.78, 5) is 11.8. The second kappa shape index (κ2) is 7.14. The van der Waals surface area contributed by atoms with Crippen molar-refractivity contribution in [2.75, 3.05) is 19.8 Å². The van der Waals surface area contributed by atoms with Crippen LogP contribution in [0, 0.1) is 0 Å². The number of esters is 1.